The summed E-state index contributed by atoms with van der Waals surface area (Å²) in [6.07, 6.45) is 1.50. The fourth-order valence-corrected chi connectivity index (χ4v) is 2.16. The van der Waals surface area contributed by atoms with Crippen LogP contribution in [0.1, 0.15) is 11.1 Å². The van der Waals surface area contributed by atoms with E-state index in [1.165, 1.54) is 6.33 Å². The van der Waals surface area contributed by atoms with Gasteiger partial charge in [0.2, 0.25) is 0 Å². The molecule has 0 fully saturated rings. The summed E-state index contributed by atoms with van der Waals surface area (Å²) in [5, 5.41) is 13.1. The highest BCUT2D eigenvalue weighted by Gasteiger charge is 2.09. The predicted octanol–water partition coefficient (Wildman–Crippen LogP) is 2.16. The van der Waals surface area contributed by atoms with Gasteiger partial charge in [0.15, 0.2) is 5.65 Å². The SMILES string of the molecule is Cc1cc(C#N)ccc1-c1cc(N)cc2ncnn12. The standard InChI is InChI=1S/C14H11N5/c1-9-4-10(7-15)2-3-12(9)13-5-11(16)6-14-17-8-18-19(13)14/h2-6,8H,16H2,1H3. The van der Waals surface area contributed by atoms with E-state index in [1.807, 2.05) is 25.1 Å². The van der Waals surface area contributed by atoms with Crippen LogP contribution in [0, 0.1) is 18.3 Å². The van der Waals surface area contributed by atoms with Crippen molar-refractivity contribution in [3.8, 4) is 17.3 Å². The number of nitrogens with zero attached hydrogens (tertiary/aromatic N) is 4. The molecule has 0 bridgehead atoms. The van der Waals surface area contributed by atoms with Crippen LogP contribution in [0.3, 0.4) is 0 Å². The minimum Gasteiger partial charge on any atom is -0.399 e. The summed E-state index contributed by atoms with van der Waals surface area (Å²) in [4.78, 5) is 4.15. The van der Waals surface area contributed by atoms with Crippen molar-refractivity contribution >= 4 is 11.3 Å². The molecule has 92 valence electrons. The van der Waals surface area contributed by atoms with Gasteiger partial charge >= 0.3 is 0 Å². The number of hydrogen-bond acceptors (Lipinski definition) is 4. The number of pyridine rings is 1. The van der Waals surface area contributed by atoms with Gasteiger partial charge in [0, 0.05) is 17.3 Å². The Morgan fingerprint density at radius 1 is 1.26 bits per heavy atom. The molecule has 19 heavy (non-hydrogen) atoms. The summed E-state index contributed by atoms with van der Waals surface area (Å²) < 4.78 is 1.74. The van der Waals surface area contributed by atoms with Gasteiger partial charge < -0.3 is 5.73 Å². The second-order valence-electron chi connectivity index (χ2n) is 4.35. The highest BCUT2D eigenvalue weighted by molar-refractivity contribution is 5.71. The summed E-state index contributed by atoms with van der Waals surface area (Å²) in [5.74, 6) is 0. The van der Waals surface area contributed by atoms with Gasteiger partial charge in [-0.25, -0.2) is 9.50 Å². The molecule has 0 aliphatic carbocycles. The summed E-state index contributed by atoms with van der Waals surface area (Å²) in [5.41, 5.74) is 10.7. The molecular weight excluding hydrogens is 238 g/mol. The van der Waals surface area contributed by atoms with Crippen LogP contribution in [-0.2, 0) is 0 Å². The number of nitriles is 1. The molecule has 0 aliphatic heterocycles. The first-order valence-electron chi connectivity index (χ1n) is 5.79. The quantitative estimate of drug-likeness (QED) is 0.716. The molecule has 0 unspecified atom stereocenters. The smallest absolute Gasteiger partial charge is 0.158 e. The first kappa shape index (κ1) is 11.2. The molecule has 0 amide bonds. The van der Waals surface area contributed by atoms with E-state index >= 15 is 0 Å². The molecule has 0 saturated heterocycles. The average molecular weight is 249 g/mol. The summed E-state index contributed by atoms with van der Waals surface area (Å²) >= 11 is 0. The van der Waals surface area contributed by atoms with E-state index in [4.69, 9.17) is 11.0 Å². The molecule has 0 aliphatic rings. The average Bonchev–Trinajstić information content (AvgIpc) is 2.85. The second kappa shape index (κ2) is 4.10. The lowest BCUT2D eigenvalue weighted by Gasteiger charge is -2.09. The Morgan fingerprint density at radius 2 is 2.11 bits per heavy atom. The van der Waals surface area contributed by atoms with Gasteiger partial charge in [-0.3, -0.25) is 0 Å². The van der Waals surface area contributed by atoms with Gasteiger partial charge in [0.25, 0.3) is 0 Å². The van der Waals surface area contributed by atoms with Gasteiger partial charge in [-0.05, 0) is 30.7 Å². The number of benzene rings is 1. The van der Waals surface area contributed by atoms with Crippen molar-refractivity contribution in [1.82, 2.24) is 14.6 Å². The molecule has 0 atom stereocenters. The Bertz CT molecular complexity index is 810. The van der Waals surface area contributed by atoms with Crippen molar-refractivity contribution in [2.75, 3.05) is 5.73 Å². The van der Waals surface area contributed by atoms with Crippen LogP contribution in [0.15, 0.2) is 36.7 Å². The van der Waals surface area contributed by atoms with Crippen molar-refractivity contribution in [3.05, 3.63) is 47.8 Å². The Hall–Kier alpha value is -2.87. The van der Waals surface area contributed by atoms with Crippen LogP contribution >= 0.6 is 0 Å². The largest absolute Gasteiger partial charge is 0.399 e. The Balaban J connectivity index is 2.30. The molecule has 2 N–H and O–H groups in total. The maximum atomic E-state index is 8.91. The molecule has 0 spiro atoms. The number of nitrogens with two attached hydrogens (primary N) is 1. The fraction of sp³-hybridized carbons (Fsp3) is 0.0714. The van der Waals surface area contributed by atoms with E-state index in [0.717, 1.165) is 16.8 Å². The van der Waals surface area contributed by atoms with E-state index in [9.17, 15) is 0 Å². The fourth-order valence-electron chi connectivity index (χ4n) is 2.16. The van der Waals surface area contributed by atoms with Crippen molar-refractivity contribution in [2.45, 2.75) is 6.92 Å². The summed E-state index contributed by atoms with van der Waals surface area (Å²) in [6, 6.07) is 11.3. The van der Waals surface area contributed by atoms with Crippen LogP contribution in [-0.4, -0.2) is 14.6 Å². The van der Waals surface area contributed by atoms with Gasteiger partial charge in [0.05, 0.1) is 17.3 Å². The highest BCUT2D eigenvalue weighted by atomic mass is 15.3. The molecule has 2 aromatic heterocycles. The Labute approximate surface area is 109 Å². The van der Waals surface area contributed by atoms with Crippen molar-refractivity contribution in [1.29, 1.82) is 5.26 Å². The molecule has 3 aromatic rings. The van der Waals surface area contributed by atoms with E-state index in [2.05, 4.69) is 16.2 Å². The predicted molar refractivity (Wildman–Crippen MR) is 72.3 cm³/mol. The first-order chi connectivity index (χ1) is 9.19. The van der Waals surface area contributed by atoms with Crippen molar-refractivity contribution in [3.63, 3.8) is 0 Å². The molecule has 0 saturated carbocycles. The van der Waals surface area contributed by atoms with E-state index < -0.39 is 0 Å². The maximum absolute atomic E-state index is 8.91. The second-order valence-corrected chi connectivity index (χ2v) is 4.35. The lowest BCUT2D eigenvalue weighted by molar-refractivity contribution is 0.969. The van der Waals surface area contributed by atoms with Crippen LogP contribution in [0.4, 0.5) is 5.69 Å². The number of hydrogen-bond donors (Lipinski definition) is 1. The summed E-state index contributed by atoms with van der Waals surface area (Å²) in [6.45, 7) is 1.96. The normalized spacial score (nSPS) is 10.5. The molecule has 2 heterocycles. The van der Waals surface area contributed by atoms with Gasteiger partial charge in [-0.2, -0.15) is 10.4 Å². The molecule has 3 rings (SSSR count). The summed E-state index contributed by atoms with van der Waals surface area (Å²) in [7, 11) is 0. The molecule has 1 aromatic carbocycles. The van der Waals surface area contributed by atoms with Gasteiger partial charge in [-0.1, -0.05) is 6.07 Å². The minimum absolute atomic E-state index is 0.638. The van der Waals surface area contributed by atoms with Crippen molar-refractivity contribution < 1.29 is 0 Å². The lowest BCUT2D eigenvalue weighted by atomic mass is 10.0. The van der Waals surface area contributed by atoms with Crippen LogP contribution in [0.5, 0.6) is 0 Å². The van der Waals surface area contributed by atoms with Gasteiger partial charge in [0.1, 0.15) is 6.33 Å². The maximum Gasteiger partial charge on any atom is 0.158 e. The monoisotopic (exact) mass is 249 g/mol. The third-order valence-electron chi connectivity index (χ3n) is 3.03. The number of rotatable bonds is 1. The topological polar surface area (TPSA) is 80.0 Å². The number of aryl methyl sites for hydroxylation is 1. The Morgan fingerprint density at radius 3 is 2.84 bits per heavy atom. The van der Waals surface area contributed by atoms with Crippen LogP contribution in [0.2, 0.25) is 0 Å². The molecule has 5 heteroatoms. The number of anilines is 1. The highest BCUT2D eigenvalue weighted by Crippen LogP contribution is 2.26. The van der Waals surface area contributed by atoms with Gasteiger partial charge in [-0.15, -0.1) is 0 Å². The van der Waals surface area contributed by atoms with E-state index in [-0.39, 0.29) is 0 Å². The van der Waals surface area contributed by atoms with Crippen LogP contribution in [0.25, 0.3) is 16.9 Å². The van der Waals surface area contributed by atoms with E-state index in [1.54, 1.807) is 16.6 Å². The van der Waals surface area contributed by atoms with E-state index in [0.29, 0.717) is 16.9 Å². The number of aromatic nitrogens is 3. The van der Waals surface area contributed by atoms with Crippen molar-refractivity contribution in [2.24, 2.45) is 0 Å². The lowest BCUT2D eigenvalue weighted by Crippen LogP contribution is -1.98. The molecule has 0 radical (unpaired) electrons. The van der Waals surface area contributed by atoms with Crippen LogP contribution < -0.4 is 5.73 Å². The Kier molecular flexibility index (Phi) is 2.43. The third kappa shape index (κ3) is 1.79. The number of nitrogen functional groups attached to an aromatic ring is 1. The minimum atomic E-state index is 0.638. The number of fused-ring (bicyclic) bond motifs is 1. The third-order valence-corrected chi connectivity index (χ3v) is 3.03. The zero-order chi connectivity index (χ0) is 13.4. The molecular formula is C14H11N5. The zero-order valence-electron chi connectivity index (χ0n) is 10.3. The zero-order valence-corrected chi connectivity index (χ0v) is 10.3. The molecule has 5 nitrogen and oxygen atoms in total. The first-order valence-corrected chi connectivity index (χ1v) is 5.79.